The summed E-state index contributed by atoms with van der Waals surface area (Å²) in [4.78, 5) is 13.3. The molecular weight excluding hydrogens is 261 g/mol. The molecule has 0 rings (SSSR count). The summed E-state index contributed by atoms with van der Waals surface area (Å²) < 4.78 is 21.1. The molecule has 0 spiro atoms. The van der Waals surface area contributed by atoms with E-state index in [9.17, 15) is 9.36 Å². The topological polar surface area (TPSA) is 55.8 Å². The van der Waals surface area contributed by atoms with Crippen molar-refractivity contribution in [3.8, 4) is 0 Å². The Bertz CT molecular complexity index is 303. The number of nitrogens with zero attached hydrogens (tertiary/aromatic N) is 1. The number of carbonyl (C=O) groups is 1. The van der Waals surface area contributed by atoms with Crippen molar-refractivity contribution < 1.29 is 18.4 Å². The number of hydrogen-bond donors (Lipinski definition) is 0. The lowest BCUT2D eigenvalue weighted by Gasteiger charge is -2.20. The molecule has 7 heteroatoms. The van der Waals surface area contributed by atoms with Crippen LogP contribution in [-0.4, -0.2) is 43.9 Å². The van der Waals surface area contributed by atoms with Gasteiger partial charge in [-0.25, -0.2) is 4.57 Å². The van der Waals surface area contributed by atoms with Crippen LogP contribution in [0.1, 0.15) is 0 Å². The molecule has 5 nitrogen and oxygen atoms in total. The van der Waals surface area contributed by atoms with Crippen molar-refractivity contribution in [3.63, 3.8) is 0 Å². The van der Waals surface area contributed by atoms with Crippen LogP contribution in [0, 0.1) is 0 Å². The van der Waals surface area contributed by atoms with Crippen LogP contribution in [-0.2, 0) is 18.4 Å². The molecule has 0 aromatic heterocycles. The van der Waals surface area contributed by atoms with Gasteiger partial charge in [-0.05, 0) is 11.4 Å². The van der Waals surface area contributed by atoms with E-state index in [1.54, 1.807) is 17.1 Å². The van der Waals surface area contributed by atoms with Gasteiger partial charge in [0.1, 0.15) is 0 Å². The minimum absolute atomic E-state index is 0.0284. The Kier molecular flexibility index (Phi) is 8.25. The van der Waals surface area contributed by atoms with E-state index in [1.165, 1.54) is 14.2 Å². The highest BCUT2D eigenvalue weighted by Gasteiger charge is 2.24. The fraction of sp³-hybridized carbons (Fsp3) is 0.500. The number of hydrogen-bond acceptors (Lipinski definition) is 5. The molecule has 17 heavy (non-hydrogen) atoms. The van der Waals surface area contributed by atoms with E-state index in [0.29, 0.717) is 13.1 Å². The second-order valence-electron chi connectivity index (χ2n) is 2.96. The standard InChI is InChI=1S/C10H18NO4PS/c1-5-7-11(8-6-2)10(12)9-17-16(13,14-3)15-4/h5-6H,1-2,7-9H2,3-4H3. The molecule has 98 valence electrons. The summed E-state index contributed by atoms with van der Waals surface area (Å²) >= 11 is 0.863. The van der Waals surface area contributed by atoms with E-state index in [0.717, 1.165) is 11.4 Å². The summed E-state index contributed by atoms with van der Waals surface area (Å²) in [6.07, 6.45) is 3.25. The summed E-state index contributed by atoms with van der Waals surface area (Å²) in [6.45, 7) is 4.79. The second kappa shape index (κ2) is 8.53. The zero-order chi connectivity index (χ0) is 13.3. The maximum absolute atomic E-state index is 11.8. The summed E-state index contributed by atoms with van der Waals surface area (Å²) in [7, 11) is 2.57. The first-order chi connectivity index (χ1) is 8.02. The summed E-state index contributed by atoms with van der Waals surface area (Å²) in [6, 6.07) is 0. The van der Waals surface area contributed by atoms with Gasteiger partial charge in [-0.1, -0.05) is 12.2 Å². The Morgan fingerprint density at radius 1 is 1.29 bits per heavy atom. The molecule has 0 aliphatic heterocycles. The first-order valence-corrected chi connectivity index (χ1v) is 8.02. The van der Waals surface area contributed by atoms with Crippen molar-refractivity contribution in [2.45, 2.75) is 0 Å². The van der Waals surface area contributed by atoms with Crippen molar-refractivity contribution in [1.29, 1.82) is 0 Å². The molecule has 0 saturated heterocycles. The van der Waals surface area contributed by atoms with Crippen LogP contribution in [0.25, 0.3) is 0 Å². The van der Waals surface area contributed by atoms with Gasteiger partial charge in [0.15, 0.2) is 0 Å². The van der Waals surface area contributed by atoms with Crippen LogP contribution in [0.2, 0.25) is 0 Å². The molecule has 0 aliphatic rings. The normalized spacial score (nSPS) is 10.9. The lowest BCUT2D eigenvalue weighted by Crippen LogP contribution is -2.32. The third-order valence-corrected chi connectivity index (χ3v) is 5.66. The molecule has 0 N–H and O–H groups in total. The van der Waals surface area contributed by atoms with E-state index >= 15 is 0 Å². The van der Waals surface area contributed by atoms with Gasteiger partial charge < -0.3 is 13.9 Å². The van der Waals surface area contributed by atoms with Crippen LogP contribution >= 0.6 is 18.2 Å². The average Bonchev–Trinajstić information content (AvgIpc) is 2.35. The fourth-order valence-electron chi connectivity index (χ4n) is 0.995. The van der Waals surface area contributed by atoms with Gasteiger partial charge in [-0.15, -0.1) is 13.2 Å². The number of carbonyl (C=O) groups excluding carboxylic acids is 1. The molecule has 0 atom stereocenters. The van der Waals surface area contributed by atoms with Crippen molar-refractivity contribution in [3.05, 3.63) is 25.3 Å². The lowest BCUT2D eigenvalue weighted by atomic mass is 10.4. The zero-order valence-corrected chi connectivity index (χ0v) is 11.8. The predicted molar refractivity (Wildman–Crippen MR) is 71.1 cm³/mol. The molecule has 0 aliphatic carbocycles. The minimum atomic E-state index is -3.20. The Morgan fingerprint density at radius 3 is 2.12 bits per heavy atom. The lowest BCUT2D eigenvalue weighted by molar-refractivity contribution is -0.127. The molecule has 0 fully saturated rings. The van der Waals surface area contributed by atoms with Crippen molar-refractivity contribution in [2.75, 3.05) is 33.1 Å². The minimum Gasteiger partial charge on any atom is -0.335 e. The van der Waals surface area contributed by atoms with Crippen LogP contribution < -0.4 is 0 Å². The quantitative estimate of drug-likeness (QED) is 0.479. The Balaban J connectivity index is 4.35. The zero-order valence-electron chi connectivity index (χ0n) is 10.1. The predicted octanol–water partition coefficient (Wildman–Crippen LogP) is 2.32. The number of rotatable bonds is 9. The molecule has 0 aromatic rings. The maximum Gasteiger partial charge on any atom is 0.389 e. The maximum atomic E-state index is 11.8. The van der Waals surface area contributed by atoms with Gasteiger partial charge in [-0.3, -0.25) is 4.79 Å². The van der Waals surface area contributed by atoms with Gasteiger partial charge in [0.2, 0.25) is 5.91 Å². The van der Waals surface area contributed by atoms with Gasteiger partial charge in [-0.2, -0.15) is 0 Å². The highest BCUT2D eigenvalue weighted by atomic mass is 32.7. The van der Waals surface area contributed by atoms with E-state index < -0.39 is 6.80 Å². The highest BCUT2D eigenvalue weighted by molar-refractivity contribution is 8.55. The Morgan fingerprint density at radius 2 is 1.76 bits per heavy atom. The van der Waals surface area contributed by atoms with E-state index in [1.807, 2.05) is 0 Å². The van der Waals surface area contributed by atoms with Crippen LogP contribution in [0.5, 0.6) is 0 Å². The van der Waals surface area contributed by atoms with Gasteiger partial charge in [0, 0.05) is 27.3 Å². The second-order valence-corrected chi connectivity index (χ2v) is 7.25. The molecule has 0 heterocycles. The Hall–Kier alpha value is -0.550. The summed E-state index contributed by atoms with van der Waals surface area (Å²) in [5.74, 6) is -0.134. The monoisotopic (exact) mass is 279 g/mol. The van der Waals surface area contributed by atoms with Crippen molar-refractivity contribution in [1.82, 2.24) is 4.90 Å². The first kappa shape index (κ1) is 16.4. The fourth-order valence-corrected chi connectivity index (χ4v) is 3.24. The van der Waals surface area contributed by atoms with Crippen LogP contribution in [0.4, 0.5) is 0 Å². The summed E-state index contributed by atoms with van der Waals surface area (Å²) in [5, 5.41) is 0. The van der Waals surface area contributed by atoms with E-state index in [2.05, 4.69) is 13.2 Å². The van der Waals surface area contributed by atoms with Crippen molar-refractivity contribution in [2.24, 2.45) is 0 Å². The van der Waals surface area contributed by atoms with E-state index in [-0.39, 0.29) is 11.7 Å². The highest BCUT2D eigenvalue weighted by Crippen LogP contribution is 2.59. The van der Waals surface area contributed by atoms with Gasteiger partial charge in [0.25, 0.3) is 0 Å². The van der Waals surface area contributed by atoms with Crippen LogP contribution in [0.15, 0.2) is 25.3 Å². The third kappa shape index (κ3) is 6.07. The van der Waals surface area contributed by atoms with Gasteiger partial charge in [0.05, 0.1) is 5.75 Å². The molecule has 0 aromatic carbocycles. The number of amides is 1. The SMILES string of the molecule is C=CCN(CC=C)C(=O)CSP(=O)(OC)OC. The Labute approximate surface area is 106 Å². The largest absolute Gasteiger partial charge is 0.389 e. The van der Waals surface area contributed by atoms with Gasteiger partial charge >= 0.3 is 6.80 Å². The van der Waals surface area contributed by atoms with Crippen molar-refractivity contribution >= 4 is 24.1 Å². The molecule has 0 saturated carbocycles. The smallest absolute Gasteiger partial charge is 0.335 e. The molecule has 1 amide bonds. The molecule has 0 bridgehead atoms. The molecular formula is C10H18NO4PS. The average molecular weight is 279 g/mol. The summed E-state index contributed by atoms with van der Waals surface area (Å²) in [5.41, 5.74) is 0. The molecule has 0 radical (unpaired) electrons. The molecule has 0 unspecified atom stereocenters. The third-order valence-electron chi connectivity index (χ3n) is 1.85. The first-order valence-electron chi connectivity index (χ1n) is 4.88. The van der Waals surface area contributed by atoms with Crippen LogP contribution in [0.3, 0.4) is 0 Å². The van der Waals surface area contributed by atoms with E-state index in [4.69, 9.17) is 9.05 Å².